The maximum Gasteiger partial charge on any atom is 0.218 e. The monoisotopic (exact) mass is 278 g/mol. The number of halogens is 1. The zero-order valence-corrected chi connectivity index (χ0v) is 8.22. The maximum atomic E-state index is 11.0. The van der Waals surface area contributed by atoms with Gasteiger partial charge in [0.1, 0.15) is 0 Å². The van der Waals surface area contributed by atoms with Gasteiger partial charge in [-0.15, -0.1) is 0 Å². The summed E-state index contributed by atoms with van der Waals surface area (Å²) in [7, 11) is 0. The Balaban J connectivity index is 2.90. The van der Waals surface area contributed by atoms with Crippen LogP contribution in [0, 0.1) is 3.57 Å². The normalized spacial score (nSPS) is 10.3. The van der Waals surface area contributed by atoms with E-state index >= 15 is 0 Å². The van der Waals surface area contributed by atoms with Crippen LogP contribution in [0.4, 0.5) is 0 Å². The first-order valence-electron chi connectivity index (χ1n) is 3.27. The van der Waals surface area contributed by atoms with E-state index in [9.17, 15) is 4.79 Å². The molecule has 1 rings (SSSR count). The fourth-order valence-electron chi connectivity index (χ4n) is 0.763. The Bertz CT molecular complexity index is 279. The van der Waals surface area contributed by atoms with Gasteiger partial charge in [0, 0.05) is 9.13 Å². The highest BCUT2D eigenvalue weighted by atomic mass is 127. The summed E-state index contributed by atoms with van der Waals surface area (Å²) in [5.41, 5.74) is 0.311. The summed E-state index contributed by atoms with van der Waals surface area (Å²) in [6, 6.07) is 6.58. The number of ketones is 1. The number of carbonyl (C=O) groups excluding carboxylic acids is 1. The van der Waals surface area contributed by atoms with Gasteiger partial charge < -0.3 is 10.2 Å². The average Bonchev–Trinajstić information content (AvgIpc) is 2.04. The van der Waals surface area contributed by atoms with Gasteiger partial charge in [-0.2, -0.15) is 0 Å². The number of benzene rings is 1. The number of aliphatic hydroxyl groups is 2. The molecular weight excluding hydrogens is 271 g/mol. The van der Waals surface area contributed by atoms with Crippen LogP contribution in [0.15, 0.2) is 24.3 Å². The molecule has 12 heavy (non-hydrogen) atoms. The summed E-state index contributed by atoms with van der Waals surface area (Å²) in [5, 5.41) is 17.1. The van der Waals surface area contributed by atoms with Crippen molar-refractivity contribution in [1.82, 2.24) is 0 Å². The van der Waals surface area contributed by atoms with Crippen molar-refractivity contribution in [3.05, 3.63) is 33.4 Å². The Morgan fingerprint density at radius 2 is 1.75 bits per heavy atom. The van der Waals surface area contributed by atoms with Crippen LogP contribution in [0.5, 0.6) is 0 Å². The van der Waals surface area contributed by atoms with Gasteiger partial charge >= 0.3 is 0 Å². The predicted octanol–water partition coefficient (Wildman–Crippen LogP) is 0.785. The Morgan fingerprint density at radius 1 is 1.25 bits per heavy atom. The quantitative estimate of drug-likeness (QED) is 0.477. The molecule has 0 atom stereocenters. The van der Waals surface area contributed by atoms with Crippen molar-refractivity contribution in [3.63, 3.8) is 0 Å². The van der Waals surface area contributed by atoms with E-state index in [1.807, 2.05) is 0 Å². The molecule has 0 bridgehead atoms. The molecule has 1 aromatic rings. The second-order valence-corrected chi connectivity index (χ2v) is 3.49. The van der Waals surface area contributed by atoms with E-state index in [4.69, 9.17) is 10.2 Å². The standard InChI is InChI=1S/C8H7IO3/c9-6-3-1-5(2-4-6)7(10)8(11)12/h1-4,8,11-12H. The van der Waals surface area contributed by atoms with Gasteiger partial charge in [-0.1, -0.05) is 12.1 Å². The van der Waals surface area contributed by atoms with Crippen molar-refractivity contribution in [2.45, 2.75) is 6.29 Å². The van der Waals surface area contributed by atoms with Crippen molar-refractivity contribution in [1.29, 1.82) is 0 Å². The average molecular weight is 278 g/mol. The third-order valence-electron chi connectivity index (χ3n) is 1.36. The summed E-state index contributed by atoms with van der Waals surface area (Å²) >= 11 is 2.10. The minimum atomic E-state index is -1.91. The highest BCUT2D eigenvalue weighted by molar-refractivity contribution is 14.1. The largest absolute Gasteiger partial charge is 0.362 e. The highest BCUT2D eigenvalue weighted by Gasteiger charge is 2.12. The third kappa shape index (κ3) is 2.26. The molecule has 0 unspecified atom stereocenters. The molecule has 3 nitrogen and oxygen atoms in total. The Kier molecular flexibility index (Phi) is 3.19. The molecule has 1 aromatic carbocycles. The van der Waals surface area contributed by atoms with Gasteiger partial charge in [-0.05, 0) is 34.7 Å². The second-order valence-electron chi connectivity index (χ2n) is 2.24. The molecule has 2 N–H and O–H groups in total. The van der Waals surface area contributed by atoms with E-state index in [1.165, 1.54) is 0 Å². The molecule has 0 aromatic heterocycles. The van der Waals surface area contributed by atoms with Crippen LogP contribution < -0.4 is 0 Å². The van der Waals surface area contributed by atoms with E-state index in [0.29, 0.717) is 5.56 Å². The van der Waals surface area contributed by atoms with Crippen LogP contribution in [-0.2, 0) is 0 Å². The summed E-state index contributed by atoms with van der Waals surface area (Å²) in [5.74, 6) is -0.675. The number of aliphatic hydroxyl groups excluding tert-OH is 1. The maximum absolute atomic E-state index is 11.0. The summed E-state index contributed by atoms with van der Waals surface area (Å²) in [6.07, 6.45) is -1.91. The number of Topliss-reactive ketones (excluding diaryl/α,β-unsaturated/α-hetero) is 1. The number of carbonyl (C=O) groups is 1. The van der Waals surface area contributed by atoms with Crippen LogP contribution in [0.1, 0.15) is 10.4 Å². The zero-order chi connectivity index (χ0) is 9.14. The van der Waals surface area contributed by atoms with Gasteiger partial charge in [0.25, 0.3) is 0 Å². The molecule has 4 heteroatoms. The minimum absolute atomic E-state index is 0.311. The van der Waals surface area contributed by atoms with Gasteiger partial charge in [0.2, 0.25) is 12.1 Å². The van der Waals surface area contributed by atoms with Crippen molar-refractivity contribution in [3.8, 4) is 0 Å². The van der Waals surface area contributed by atoms with Gasteiger partial charge in [0.05, 0.1) is 0 Å². The van der Waals surface area contributed by atoms with Crippen LogP contribution in [-0.4, -0.2) is 22.3 Å². The lowest BCUT2D eigenvalue weighted by molar-refractivity contribution is -0.0195. The predicted molar refractivity (Wildman–Crippen MR) is 51.7 cm³/mol. The lowest BCUT2D eigenvalue weighted by atomic mass is 10.1. The fourth-order valence-corrected chi connectivity index (χ4v) is 1.12. The first-order valence-corrected chi connectivity index (χ1v) is 4.35. The Morgan fingerprint density at radius 3 is 2.17 bits per heavy atom. The summed E-state index contributed by atoms with van der Waals surface area (Å²) in [6.45, 7) is 0. The Labute approximate surface area is 83.2 Å². The van der Waals surface area contributed by atoms with Gasteiger partial charge in [-0.25, -0.2) is 0 Å². The van der Waals surface area contributed by atoms with Crippen molar-refractivity contribution >= 4 is 28.4 Å². The van der Waals surface area contributed by atoms with Gasteiger partial charge in [-0.3, -0.25) is 4.79 Å². The van der Waals surface area contributed by atoms with E-state index in [1.54, 1.807) is 24.3 Å². The molecule has 0 spiro atoms. The lowest BCUT2D eigenvalue weighted by Crippen LogP contribution is -2.19. The lowest BCUT2D eigenvalue weighted by Gasteiger charge is -2.01. The molecule has 64 valence electrons. The molecule has 0 radical (unpaired) electrons. The Hall–Kier alpha value is -0.460. The molecule has 0 heterocycles. The SMILES string of the molecule is O=C(c1ccc(I)cc1)C(O)O. The van der Waals surface area contributed by atoms with Crippen LogP contribution in [0.3, 0.4) is 0 Å². The molecule has 0 amide bonds. The van der Waals surface area contributed by atoms with Crippen molar-refractivity contribution in [2.24, 2.45) is 0 Å². The van der Waals surface area contributed by atoms with E-state index < -0.39 is 12.1 Å². The molecular formula is C8H7IO3. The topological polar surface area (TPSA) is 57.5 Å². The molecule has 0 aliphatic carbocycles. The number of hydrogen-bond donors (Lipinski definition) is 2. The van der Waals surface area contributed by atoms with Crippen LogP contribution in [0.25, 0.3) is 0 Å². The zero-order valence-electron chi connectivity index (χ0n) is 6.07. The number of hydrogen-bond acceptors (Lipinski definition) is 3. The first-order chi connectivity index (χ1) is 5.61. The van der Waals surface area contributed by atoms with E-state index in [-0.39, 0.29) is 0 Å². The molecule has 0 saturated carbocycles. The number of rotatable bonds is 2. The summed E-state index contributed by atoms with van der Waals surface area (Å²) < 4.78 is 0.997. The van der Waals surface area contributed by atoms with E-state index in [2.05, 4.69) is 22.6 Å². The van der Waals surface area contributed by atoms with Crippen LogP contribution in [0.2, 0.25) is 0 Å². The van der Waals surface area contributed by atoms with Gasteiger partial charge in [0.15, 0.2) is 0 Å². The third-order valence-corrected chi connectivity index (χ3v) is 2.08. The fraction of sp³-hybridized carbons (Fsp3) is 0.125. The van der Waals surface area contributed by atoms with E-state index in [0.717, 1.165) is 3.57 Å². The van der Waals surface area contributed by atoms with Crippen molar-refractivity contribution in [2.75, 3.05) is 0 Å². The minimum Gasteiger partial charge on any atom is -0.362 e. The highest BCUT2D eigenvalue weighted by Crippen LogP contribution is 2.08. The second kappa shape index (κ2) is 3.97. The molecule has 0 fully saturated rings. The summed E-state index contributed by atoms with van der Waals surface area (Å²) in [4.78, 5) is 11.0. The first kappa shape index (κ1) is 9.63. The smallest absolute Gasteiger partial charge is 0.218 e. The van der Waals surface area contributed by atoms with Crippen LogP contribution >= 0.6 is 22.6 Å². The molecule has 0 aliphatic rings. The molecule has 0 aliphatic heterocycles. The molecule has 0 saturated heterocycles. The van der Waals surface area contributed by atoms with Crippen molar-refractivity contribution < 1.29 is 15.0 Å².